The molecule has 4 aromatic rings. The molecule has 2 aromatic heterocycles. The first-order chi connectivity index (χ1) is 16.0. The van der Waals surface area contributed by atoms with Gasteiger partial charge in [-0.1, -0.05) is 24.3 Å². The van der Waals surface area contributed by atoms with Crippen molar-refractivity contribution in [1.82, 2.24) is 14.7 Å². The molecule has 0 bridgehead atoms. The van der Waals surface area contributed by atoms with Gasteiger partial charge < -0.3 is 14.6 Å². The molecule has 9 heteroatoms. The van der Waals surface area contributed by atoms with Crippen molar-refractivity contribution in [3.8, 4) is 0 Å². The van der Waals surface area contributed by atoms with Crippen LogP contribution in [0.25, 0.3) is 0 Å². The summed E-state index contributed by atoms with van der Waals surface area (Å²) in [4.78, 5) is 19.0. The van der Waals surface area contributed by atoms with E-state index in [1.807, 2.05) is 17.0 Å². The number of amides is 1. The minimum Gasteiger partial charge on any atom is -0.467 e. The van der Waals surface area contributed by atoms with Gasteiger partial charge in [-0.05, 0) is 47.5 Å². The van der Waals surface area contributed by atoms with Crippen LogP contribution in [-0.2, 0) is 24.3 Å². The number of benzene rings is 2. The molecule has 0 fully saturated rings. The summed E-state index contributed by atoms with van der Waals surface area (Å²) in [7, 11) is 0. The Labute approximate surface area is 194 Å². The summed E-state index contributed by atoms with van der Waals surface area (Å²) in [5.74, 6) is 0.658. The van der Waals surface area contributed by atoms with Crippen LogP contribution in [0, 0.1) is 11.6 Å². The lowest BCUT2D eigenvalue weighted by molar-refractivity contribution is -0.121. The molecule has 6 nitrogen and oxygen atoms in total. The molecular weight excluding hydrogens is 446 g/mol. The number of nitrogens with zero attached hydrogens (tertiary/aromatic N) is 3. The molecule has 0 saturated carbocycles. The fraction of sp³-hybridized carbons (Fsp3) is 0.208. The molecular formula is C24H22F2N4O2S. The second-order valence-corrected chi connectivity index (χ2v) is 8.18. The Bertz CT molecular complexity index is 1160. The van der Waals surface area contributed by atoms with E-state index in [1.54, 1.807) is 30.5 Å². The lowest BCUT2D eigenvalue weighted by atomic mass is 10.1. The van der Waals surface area contributed by atoms with Crippen LogP contribution in [0.4, 0.5) is 13.9 Å². The minimum atomic E-state index is -0.311. The molecule has 0 radical (unpaired) electrons. The summed E-state index contributed by atoms with van der Waals surface area (Å²) in [5.41, 5.74) is 1.74. The van der Waals surface area contributed by atoms with Gasteiger partial charge in [-0.2, -0.15) is 4.37 Å². The first-order valence-corrected chi connectivity index (χ1v) is 11.2. The Morgan fingerprint density at radius 2 is 1.70 bits per heavy atom. The van der Waals surface area contributed by atoms with Crippen molar-refractivity contribution in [2.24, 2.45) is 0 Å². The van der Waals surface area contributed by atoms with Gasteiger partial charge in [0.2, 0.25) is 11.0 Å². The molecule has 170 valence electrons. The van der Waals surface area contributed by atoms with Crippen LogP contribution in [0.5, 0.6) is 0 Å². The molecule has 2 heterocycles. The highest BCUT2D eigenvalue weighted by Gasteiger charge is 2.16. The molecule has 1 amide bonds. The van der Waals surface area contributed by atoms with Crippen LogP contribution in [0.1, 0.15) is 29.1 Å². The molecule has 0 aliphatic heterocycles. The Morgan fingerprint density at radius 3 is 2.36 bits per heavy atom. The lowest BCUT2D eigenvalue weighted by Crippen LogP contribution is -2.30. The van der Waals surface area contributed by atoms with Gasteiger partial charge in [0, 0.05) is 37.5 Å². The topological polar surface area (TPSA) is 71.3 Å². The molecule has 0 unspecified atom stereocenters. The molecule has 4 rings (SSSR count). The first-order valence-electron chi connectivity index (χ1n) is 10.4. The van der Waals surface area contributed by atoms with E-state index in [1.165, 1.54) is 35.8 Å². The number of hydrogen-bond donors (Lipinski definition) is 1. The predicted octanol–water partition coefficient (Wildman–Crippen LogP) is 4.71. The first kappa shape index (κ1) is 22.6. The van der Waals surface area contributed by atoms with Gasteiger partial charge in [0.05, 0.1) is 12.8 Å². The molecule has 1 N–H and O–H groups in total. The summed E-state index contributed by atoms with van der Waals surface area (Å²) in [5, 5.41) is 3.53. The minimum absolute atomic E-state index is 0.125. The zero-order valence-corrected chi connectivity index (χ0v) is 18.5. The Kier molecular flexibility index (Phi) is 7.41. The fourth-order valence-corrected chi connectivity index (χ4v) is 3.90. The molecule has 0 aliphatic carbocycles. The Hall–Kier alpha value is -3.59. The van der Waals surface area contributed by atoms with E-state index in [2.05, 4.69) is 14.7 Å². The quantitative estimate of drug-likeness (QED) is 0.365. The summed E-state index contributed by atoms with van der Waals surface area (Å²) < 4.78 is 36.1. The third kappa shape index (κ3) is 6.69. The van der Waals surface area contributed by atoms with Crippen molar-refractivity contribution < 1.29 is 18.0 Å². The van der Waals surface area contributed by atoms with Crippen LogP contribution in [0.2, 0.25) is 0 Å². The molecule has 0 spiro atoms. The molecule has 33 heavy (non-hydrogen) atoms. The summed E-state index contributed by atoms with van der Waals surface area (Å²) >= 11 is 1.25. The normalized spacial score (nSPS) is 10.8. The van der Waals surface area contributed by atoms with Gasteiger partial charge in [-0.3, -0.25) is 4.79 Å². The van der Waals surface area contributed by atoms with Crippen molar-refractivity contribution in [3.63, 3.8) is 0 Å². The van der Waals surface area contributed by atoms with Crippen molar-refractivity contribution in [3.05, 3.63) is 101 Å². The largest absolute Gasteiger partial charge is 0.467 e. The highest BCUT2D eigenvalue weighted by Crippen LogP contribution is 2.22. The number of hydrogen-bond acceptors (Lipinski definition) is 6. The molecule has 0 aliphatic rings. The highest BCUT2D eigenvalue weighted by atomic mass is 32.1. The number of aromatic nitrogens is 2. The van der Waals surface area contributed by atoms with Gasteiger partial charge in [-0.25, -0.2) is 13.8 Å². The van der Waals surface area contributed by atoms with Crippen molar-refractivity contribution in [2.75, 3.05) is 11.4 Å². The maximum Gasteiger partial charge on any atom is 0.222 e. The van der Waals surface area contributed by atoms with E-state index in [9.17, 15) is 13.6 Å². The van der Waals surface area contributed by atoms with Gasteiger partial charge in [0.1, 0.15) is 23.2 Å². The second kappa shape index (κ2) is 10.8. The summed E-state index contributed by atoms with van der Waals surface area (Å²) in [6.07, 6.45) is 2.33. The van der Waals surface area contributed by atoms with Crippen LogP contribution in [0.3, 0.4) is 0 Å². The third-order valence-corrected chi connectivity index (χ3v) is 5.76. The van der Waals surface area contributed by atoms with E-state index in [0.717, 1.165) is 16.9 Å². The number of furan rings is 1. The number of carbonyl (C=O) groups excluding carboxylic acids is 1. The number of rotatable bonds is 10. The second-order valence-electron chi connectivity index (χ2n) is 7.45. The Balaban J connectivity index is 1.37. The molecule has 2 aromatic carbocycles. The fourth-order valence-electron chi connectivity index (χ4n) is 3.19. The number of anilines is 1. The van der Waals surface area contributed by atoms with Crippen molar-refractivity contribution >= 4 is 22.6 Å². The molecule has 0 saturated heterocycles. The standard InChI is InChI=1S/C24H22F2N4O2S/c25-19-7-3-17(4-8-19)14-22-28-24(33-29-22)30(16-21-2-1-13-32-21)12-11-23(31)27-15-18-5-9-20(26)10-6-18/h1-10,13H,11-12,14-16H2,(H,27,31). The van der Waals surface area contributed by atoms with Gasteiger partial charge in [-0.15, -0.1) is 0 Å². The average molecular weight is 469 g/mol. The van der Waals surface area contributed by atoms with Crippen molar-refractivity contribution in [1.29, 1.82) is 0 Å². The average Bonchev–Trinajstić information content (AvgIpc) is 3.50. The van der Waals surface area contributed by atoms with Crippen LogP contribution in [0.15, 0.2) is 71.3 Å². The zero-order chi connectivity index (χ0) is 23.0. The zero-order valence-electron chi connectivity index (χ0n) is 17.7. The van der Waals surface area contributed by atoms with E-state index < -0.39 is 0 Å². The molecule has 0 atom stereocenters. The predicted molar refractivity (Wildman–Crippen MR) is 122 cm³/mol. The number of halogens is 2. The van der Waals surface area contributed by atoms with Crippen molar-refractivity contribution in [2.45, 2.75) is 25.9 Å². The number of carbonyl (C=O) groups is 1. The van der Waals surface area contributed by atoms with Gasteiger partial charge >= 0.3 is 0 Å². The van der Waals surface area contributed by atoms with Crippen LogP contribution >= 0.6 is 11.5 Å². The van der Waals surface area contributed by atoms with E-state index in [-0.39, 0.29) is 24.0 Å². The van der Waals surface area contributed by atoms with Crippen LogP contribution in [-0.4, -0.2) is 21.8 Å². The maximum atomic E-state index is 13.1. The van der Waals surface area contributed by atoms with Gasteiger partial charge in [0.25, 0.3) is 0 Å². The highest BCUT2D eigenvalue weighted by molar-refractivity contribution is 7.09. The SMILES string of the molecule is O=C(CCN(Cc1ccco1)c1nc(Cc2ccc(F)cc2)ns1)NCc1ccc(F)cc1. The maximum absolute atomic E-state index is 13.1. The third-order valence-electron chi connectivity index (χ3n) is 4.94. The van der Waals surface area contributed by atoms with E-state index in [0.29, 0.717) is 37.0 Å². The number of nitrogens with one attached hydrogen (secondary N) is 1. The van der Waals surface area contributed by atoms with Gasteiger partial charge in [0.15, 0.2) is 0 Å². The smallest absolute Gasteiger partial charge is 0.222 e. The lowest BCUT2D eigenvalue weighted by Gasteiger charge is -2.20. The Morgan fingerprint density at radius 1 is 1.00 bits per heavy atom. The summed E-state index contributed by atoms with van der Waals surface area (Å²) in [6.45, 7) is 1.20. The monoisotopic (exact) mass is 468 g/mol. The summed E-state index contributed by atoms with van der Waals surface area (Å²) in [6, 6.07) is 15.9. The van der Waals surface area contributed by atoms with E-state index in [4.69, 9.17) is 4.42 Å². The van der Waals surface area contributed by atoms with E-state index >= 15 is 0 Å². The van der Waals surface area contributed by atoms with Crippen LogP contribution < -0.4 is 10.2 Å².